The number of rotatable bonds is 6. The molecule has 2 aromatic carbocycles. The van der Waals surface area contributed by atoms with Gasteiger partial charge in [0.15, 0.2) is 5.82 Å². The molecule has 2 N–H and O–H groups in total. The lowest BCUT2D eigenvalue weighted by Gasteiger charge is -2.14. The van der Waals surface area contributed by atoms with E-state index < -0.39 is 11.3 Å². The average molecular weight is 441 g/mol. The van der Waals surface area contributed by atoms with E-state index in [1.165, 1.54) is 11.5 Å². The molecule has 0 amide bonds. The van der Waals surface area contributed by atoms with Crippen LogP contribution in [0.25, 0.3) is 22.0 Å². The van der Waals surface area contributed by atoms with E-state index >= 15 is 0 Å². The number of para-hydroxylation sites is 1. The third-order valence-corrected chi connectivity index (χ3v) is 6.13. The molecule has 1 aromatic heterocycles. The molecule has 1 heterocycles. The van der Waals surface area contributed by atoms with Gasteiger partial charge in [-0.05, 0) is 61.5 Å². The quantitative estimate of drug-likeness (QED) is 0.555. The summed E-state index contributed by atoms with van der Waals surface area (Å²) in [6.45, 7) is 3.83. The van der Waals surface area contributed by atoms with Crippen molar-refractivity contribution in [3.8, 4) is 33.8 Å². The predicted molar refractivity (Wildman–Crippen MR) is 116 cm³/mol. The van der Waals surface area contributed by atoms with Gasteiger partial charge in [-0.25, -0.2) is 13.9 Å². The lowest BCUT2D eigenvalue weighted by atomic mass is 10.0. The molecular formula is C21H20N4O3S2. The molecule has 1 aliphatic carbocycles. The first-order valence-corrected chi connectivity index (χ1v) is 11.4. The van der Waals surface area contributed by atoms with Crippen molar-refractivity contribution in [1.29, 1.82) is 5.26 Å². The van der Waals surface area contributed by atoms with Crippen molar-refractivity contribution < 1.29 is 13.5 Å². The molecule has 0 bridgehead atoms. The number of hydrogen-bond donors (Lipinski definition) is 2. The van der Waals surface area contributed by atoms with E-state index in [2.05, 4.69) is 15.2 Å². The highest BCUT2D eigenvalue weighted by atomic mass is 32.2. The summed E-state index contributed by atoms with van der Waals surface area (Å²) in [5, 5.41) is 10.2. The molecule has 2 atom stereocenters. The van der Waals surface area contributed by atoms with Crippen molar-refractivity contribution in [2.45, 2.75) is 38.8 Å². The topological polar surface area (TPSA) is 108 Å². The zero-order valence-electron chi connectivity index (χ0n) is 16.5. The van der Waals surface area contributed by atoms with Crippen LogP contribution < -0.4 is 9.46 Å². The standard InChI is InChI=1S/C21H20N4O3S2/c1-12(2)28-19-13(11-22)5-3-8-17(19)21-23-20(24-29-21)16-7-4-6-15-14(16)9-10-18(15)25-30(26)27/h3-8,12,18,25H,9-10H2,1-2H3,(H,26,27). The highest BCUT2D eigenvalue weighted by molar-refractivity contribution is 7.77. The largest absolute Gasteiger partial charge is 0.489 e. The summed E-state index contributed by atoms with van der Waals surface area (Å²) in [6, 6.07) is 13.3. The van der Waals surface area contributed by atoms with Crippen molar-refractivity contribution >= 4 is 22.8 Å². The normalized spacial score (nSPS) is 16.3. The third-order valence-electron chi connectivity index (χ3n) is 4.90. The number of ether oxygens (including phenoxy) is 1. The van der Waals surface area contributed by atoms with Crippen LogP contribution in [0.4, 0.5) is 0 Å². The van der Waals surface area contributed by atoms with Crippen LogP contribution in [0.2, 0.25) is 0 Å². The minimum Gasteiger partial charge on any atom is -0.489 e. The summed E-state index contributed by atoms with van der Waals surface area (Å²) < 4.78 is 33.5. The molecule has 0 aliphatic heterocycles. The van der Waals surface area contributed by atoms with E-state index in [-0.39, 0.29) is 12.1 Å². The van der Waals surface area contributed by atoms with Crippen LogP contribution in [-0.2, 0) is 17.7 Å². The molecular weight excluding hydrogens is 420 g/mol. The van der Waals surface area contributed by atoms with Crippen LogP contribution in [0.3, 0.4) is 0 Å². The Morgan fingerprint density at radius 1 is 1.30 bits per heavy atom. The lowest BCUT2D eigenvalue weighted by Crippen LogP contribution is -2.20. The van der Waals surface area contributed by atoms with E-state index in [9.17, 15) is 14.0 Å². The minimum atomic E-state index is -2.07. The Balaban J connectivity index is 1.73. The van der Waals surface area contributed by atoms with Gasteiger partial charge in [-0.3, -0.25) is 4.55 Å². The van der Waals surface area contributed by atoms with Gasteiger partial charge < -0.3 is 4.74 Å². The first-order chi connectivity index (χ1) is 14.5. The Bertz CT molecular complexity index is 1150. The van der Waals surface area contributed by atoms with Gasteiger partial charge in [-0.2, -0.15) is 9.64 Å². The van der Waals surface area contributed by atoms with Crippen LogP contribution in [0.1, 0.15) is 43.0 Å². The monoisotopic (exact) mass is 440 g/mol. The molecule has 0 fully saturated rings. The third kappa shape index (κ3) is 4.00. The number of aromatic nitrogens is 2. The van der Waals surface area contributed by atoms with Gasteiger partial charge in [-0.15, -0.1) is 0 Å². The maximum atomic E-state index is 11.2. The molecule has 154 valence electrons. The maximum Gasteiger partial charge on any atom is 0.232 e. The average Bonchev–Trinajstić information content (AvgIpc) is 3.35. The predicted octanol–water partition coefficient (Wildman–Crippen LogP) is 4.24. The molecule has 4 rings (SSSR count). The molecule has 9 heteroatoms. The number of nitriles is 1. The van der Waals surface area contributed by atoms with Crippen LogP contribution in [0.15, 0.2) is 36.4 Å². The molecule has 0 spiro atoms. The van der Waals surface area contributed by atoms with Gasteiger partial charge in [0.1, 0.15) is 16.8 Å². The Labute approximate surface area is 181 Å². The van der Waals surface area contributed by atoms with E-state index in [0.717, 1.165) is 35.1 Å². The van der Waals surface area contributed by atoms with Crippen LogP contribution in [-0.4, -0.2) is 24.2 Å². The second-order valence-corrected chi connectivity index (χ2v) is 8.70. The number of hydrogen-bond acceptors (Lipinski definition) is 6. The van der Waals surface area contributed by atoms with Gasteiger partial charge in [0, 0.05) is 11.6 Å². The number of nitrogens with zero attached hydrogens (tertiary/aromatic N) is 3. The van der Waals surface area contributed by atoms with E-state index in [1.807, 2.05) is 44.2 Å². The van der Waals surface area contributed by atoms with Gasteiger partial charge in [-0.1, -0.05) is 24.3 Å². The molecule has 0 saturated heterocycles. The fourth-order valence-electron chi connectivity index (χ4n) is 3.71. The summed E-state index contributed by atoms with van der Waals surface area (Å²) in [7, 11) is 0. The molecule has 1 aliphatic rings. The molecule has 0 saturated carbocycles. The second-order valence-electron chi connectivity index (χ2n) is 7.22. The number of fused-ring (bicyclic) bond motifs is 1. The highest BCUT2D eigenvalue weighted by Gasteiger charge is 2.27. The molecule has 7 nitrogen and oxygen atoms in total. The van der Waals surface area contributed by atoms with Crippen molar-refractivity contribution in [1.82, 2.24) is 14.1 Å². The number of nitrogens with one attached hydrogen (secondary N) is 1. The maximum absolute atomic E-state index is 11.2. The summed E-state index contributed by atoms with van der Waals surface area (Å²) in [5.41, 5.74) is 4.22. The van der Waals surface area contributed by atoms with E-state index in [4.69, 9.17) is 9.72 Å². The SMILES string of the molecule is CC(C)Oc1c(C#N)cccc1-c1nc(-c2cccc3c2CCC3NS(=O)O)ns1. The Morgan fingerprint density at radius 2 is 2.07 bits per heavy atom. The molecule has 2 unspecified atom stereocenters. The fraction of sp³-hybridized carbons (Fsp3) is 0.286. The summed E-state index contributed by atoms with van der Waals surface area (Å²) in [5.74, 6) is 1.13. The van der Waals surface area contributed by atoms with Crippen LogP contribution in [0, 0.1) is 11.3 Å². The Kier molecular flexibility index (Phi) is 5.92. The summed E-state index contributed by atoms with van der Waals surface area (Å²) in [6.07, 6.45) is 1.44. The minimum absolute atomic E-state index is 0.0791. The molecule has 30 heavy (non-hydrogen) atoms. The highest BCUT2D eigenvalue weighted by Crippen LogP contribution is 2.40. The van der Waals surface area contributed by atoms with Gasteiger partial charge in [0.25, 0.3) is 0 Å². The van der Waals surface area contributed by atoms with Crippen LogP contribution >= 0.6 is 11.5 Å². The second kappa shape index (κ2) is 8.62. The van der Waals surface area contributed by atoms with E-state index in [0.29, 0.717) is 22.1 Å². The van der Waals surface area contributed by atoms with Crippen molar-refractivity contribution in [3.63, 3.8) is 0 Å². The molecule has 0 radical (unpaired) electrons. The van der Waals surface area contributed by atoms with Gasteiger partial charge >= 0.3 is 0 Å². The molecule has 3 aromatic rings. The van der Waals surface area contributed by atoms with E-state index in [1.54, 1.807) is 6.07 Å². The van der Waals surface area contributed by atoms with Gasteiger partial charge in [0.05, 0.1) is 17.2 Å². The first-order valence-electron chi connectivity index (χ1n) is 9.51. The zero-order valence-corrected chi connectivity index (χ0v) is 18.1. The van der Waals surface area contributed by atoms with Crippen molar-refractivity contribution in [2.24, 2.45) is 0 Å². The van der Waals surface area contributed by atoms with Crippen molar-refractivity contribution in [2.75, 3.05) is 0 Å². The first kappa shape index (κ1) is 20.6. The van der Waals surface area contributed by atoms with Crippen molar-refractivity contribution in [3.05, 3.63) is 53.1 Å². The Hall–Kier alpha value is -2.64. The fourth-order valence-corrected chi connectivity index (χ4v) is 4.89. The smallest absolute Gasteiger partial charge is 0.232 e. The summed E-state index contributed by atoms with van der Waals surface area (Å²) >= 11 is -0.805. The lowest BCUT2D eigenvalue weighted by molar-refractivity contribution is 0.243. The Morgan fingerprint density at radius 3 is 2.80 bits per heavy atom. The number of benzene rings is 2. The summed E-state index contributed by atoms with van der Waals surface area (Å²) in [4.78, 5) is 4.75. The van der Waals surface area contributed by atoms with Gasteiger partial charge in [0.2, 0.25) is 11.3 Å². The zero-order chi connectivity index (χ0) is 21.3. The van der Waals surface area contributed by atoms with Crippen LogP contribution in [0.5, 0.6) is 5.75 Å².